The Bertz CT molecular complexity index is 1260. The van der Waals surface area contributed by atoms with E-state index < -0.39 is 0 Å². The van der Waals surface area contributed by atoms with Crippen molar-refractivity contribution in [2.24, 2.45) is 0 Å². The molecule has 0 atom stereocenters. The van der Waals surface area contributed by atoms with Crippen molar-refractivity contribution in [2.45, 2.75) is 20.3 Å². The first-order valence-corrected chi connectivity index (χ1v) is 10.7. The molecule has 0 spiro atoms. The predicted octanol–water partition coefficient (Wildman–Crippen LogP) is 4.74. The minimum absolute atomic E-state index is 0.207. The molecule has 170 valence electrons. The molecule has 1 amide bonds. The smallest absolute Gasteiger partial charge is 0.270 e. The third-order valence-corrected chi connectivity index (χ3v) is 5.46. The molecule has 4 aromatic rings. The van der Waals surface area contributed by atoms with Crippen molar-refractivity contribution in [2.75, 3.05) is 20.8 Å². The molecule has 7 nitrogen and oxygen atoms in total. The van der Waals surface area contributed by atoms with Crippen LogP contribution in [0.1, 0.15) is 27.2 Å². The Labute approximate surface area is 192 Å². The minimum Gasteiger partial charge on any atom is -0.493 e. The summed E-state index contributed by atoms with van der Waals surface area (Å²) < 4.78 is 17.8. The summed E-state index contributed by atoms with van der Waals surface area (Å²) in [5, 5.41) is 7.70. The van der Waals surface area contributed by atoms with Gasteiger partial charge in [0.25, 0.3) is 5.91 Å². The van der Waals surface area contributed by atoms with Crippen LogP contribution in [0.2, 0.25) is 0 Å². The van der Waals surface area contributed by atoms with E-state index >= 15 is 0 Å². The number of carbonyl (C=O) groups is 1. The number of aryl methyl sites for hydroxylation is 2. The van der Waals surface area contributed by atoms with Crippen LogP contribution < -0.4 is 14.8 Å². The molecule has 0 aliphatic heterocycles. The fourth-order valence-electron chi connectivity index (χ4n) is 3.67. The number of amides is 1. The zero-order valence-corrected chi connectivity index (χ0v) is 19.2. The van der Waals surface area contributed by atoms with Gasteiger partial charge in [-0.3, -0.25) is 4.79 Å². The molecule has 0 aliphatic carbocycles. The summed E-state index contributed by atoms with van der Waals surface area (Å²) >= 11 is 0. The number of aromatic nitrogens is 2. The van der Waals surface area contributed by atoms with E-state index in [0.717, 1.165) is 22.4 Å². The van der Waals surface area contributed by atoms with Gasteiger partial charge in [0.2, 0.25) is 0 Å². The number of nitrogens with zero attached hydrogens (tertiary/aromatic N) is 2. The molecule has 2 aromatic heterocycles. The Morgan fingerprint density at radius 1 is 1.03 bits per heavy atom. The van der Waals surface area contributed by atoms with Crippen LogP contribution in [-0.2, 0) is 6.42 Å². The van der Waals surface area contributed by atoms with Gasteiger partial charge in [-0.2, -0.15) is 5.10 Å². The summed E-state index contributed by atoms with van der Waals surface area (Å²) in [6.45, 7) is 4.48. The zero-order valence-electron chi connectivity index (χ0n) is 19.2. The molecule has 4 rings (SSSR count). The summed E-state index contributed by atoms with van der Waals surface area (Å²) in [5.41, 5.74) is 5.05. The number of furan rings is 1. The highest BCUT2D eigenvalue weighted by atomic mass is 16.5. The molecule has 2 aromatic carbocycles. The quantitative estimate of drug-likeness (QED) is 0.424. The van der Waals surface area contributed by atoms with Gasteiger partial charge in [-0.25, -0.2) is 4.68 Å². The van der Waals surface area contributed by atoms with Crippen molar-refractivity contribution >= 4 is 5.91 Å². The number of ether oxygens (including phenoxy) is 2. The van der Waals surface area contributed by atoms with Gasteiger partial charge in [0, 0.05) is 12.6 Å². The number of hydrogen-bond acceptors (Lipinski definition) is 5. The number of carbonyl (C=O) groups excluding carboxylic acids is 1. The first-order valence-electron chi connectivity index (χ1n) is 10.7. The van der Waals surface area contributed by atoms with Gasteiger partial charge < -0.3 is 19.2 Å². The first kappa shape index (κ1) is 22.2. The Balaban J connectivity index is 1.57. The predicted molar refractivity (Wildman–Crippen MR) is 126 cm³/mol. The van der Waals surface area contributed by atoms with Crippen LogP contribution in [0.5, 0.6) is 11.5 Å². The van der Waals surface area contributed by atoms with E-state index in [9.17, 15) is 4.79 Å². The van der Waals surface area contributed by atoms with Crippen LogP contribution in [0.3, 0.4) is 0 Å². The van der Waals surface area contributed by atoms with Gasteiger partial charge in [-0.1, -0.05) is 18.2 Å². The third kappa shape index (κ3) is 4.77. The number of rotatable bonds is 8. The highest BCUT2D eigenvalue weighted by molar-refractivity contribution is 5.94. The average molecular weight is 446 g/mol. The molecule has 2 heterocycles. The van der Waals surface area contributed by atoms with Gasteiger partial charge in [-0.05, 0) is 67.3 Å². The monoisotopic (exact) mass is 445 g/mol. The molecule has 0 bridgehead atoms. The van der Waals surface area contributed by atoms with Gasteiger partial charge >= 0.3 is 0 Å². The summed E-state index contributed by atoms with van der Waals surface area (Å²) in [6, 6.07) is 17.2. The van der Waals surface area contributed by atoms with E-state index in [0.29, 0.717) is 41.6 Å². The lowest BCUT2D eigenvalue weighted by atomic mass is 10.1. The maximum absolute atomic E-state index is 13.2. The van der Waals surface area contributed by atoms with E-state index in [1.54, 1.807) is 37.3 Å². The maximum atomic E-state index is 13.2. The molecule has 0 saturated heterocycles. The van der Waals surface area contributed by atoms with Crippen LogP contribution >= 0.6 is 0 Å². The molecule has 0 saturated carbocycles. The Hall–Kier alpha value is -4.00. The summed E-state index contributed by atoms with van der Waals surface area (Å²) in [4.78, 5) is 13.2. The van der Waals surface area contributed by atoms with E-state index in [1.807, 2.05) is 56.3 Å². The van der Waals surface area contributed by atoms with E-state index in [4.69, 9.17) is 13.9 Å². The molecule has 33 heavy (non-hydrogen) atoms. The fraction of sp³-hybridized carbons (Fsp3) is 0.231. The van der Waals surface area contributed by atoms with Crippen molar-refractivity contribution in [3.05, 3.63) is 83.2 Å². The first-order chi connectivity index (χ1) is 16.0. The van der Waals surface area contributed by atoms with Crippen LogP contribution in [0, 0.1) is 13.8 Å². The second-order valence-electron chi connectivity index (χ2n) is 7.79. The SMILES string of the molecule is COc1ccc(CCNC(=O)c2cc(-c3ccco3)nn2-c2cc(C)ccc2C)cc1OC. The molecule has 0 fully saturated rings. The third-order valence-electron chi connectivity index (χ3n) is 5.46. The Morgan fingerprint density at radius 3 is 2.58 bits per heavy atom. The van der Waals surface area contributed by atoms with Crippen LogP contribution in [0.4, 0.5) is 0 Å². The van der Waals surface area contributed by atoms with Crippen molar-refractivity contribution in [1.29, 1.82) is 0 Å². The highest BCUT2D eigenvalue weighted by Crippen LogP contribution is 2.28. The van der Waals surface area contributed by atoms with Gasteiger partial charge in [0.05, 0.1) is 26.2 Å². The van der Waals surface area contributed by atoms with Crippen molar-refractivity contribution in [3.8, 4) is 28.6 Å². The minimum atomic E-state index is -0.207. The van der Waals surface area contributed by atoms with Crippen molar-refractivity contribution in [3.63, 3.8) is 0 Å². The van der Waals surface area contributed by atoms with Crippen molar-refractivity contribution < 1.29 is 18.7 Å². The van der Waals surface area contributed by atoms with Gasteiger partial charge in [0.15, 0.2) is 17.3 Å². The van der Waals surface area contributed by atoms with Gasteiger partial charge in [0.1, 0.15) is 11.4 Å². The lowest BCUT2D eigenvalue weighted by molar-refractivity contribution is 0.0946. The van der Waals surface area contributed by atoms with E-state index in [2.05, 4.69) is 10.4 Å². The fourth-order valence-corrected chi connectivity index (χ4v) is 3.67. The lowest BCUT2D eigenvalue weighted by Crippen LogP contribution is -2.28. The number of nitrogens with one attached hydrogen (secondary N) is 1. The largest absolute Gasteiger partial charge is 0.493 e. The normalized spacial score (nSPS) is 10.8. The number of benzene rings is 2. The topological polar surface area (TPSA) is 78.5 Å². The lowest BCUT2D eigenvalue weighted by Gasteiger charge is -2.12. The summed E-state index contributed by atoms with van der Waals surface area (Å²) in [5.74, 6) is 1.74. The molecule has 1 N–H and O–H groups in total. The number of methoxy groups -OCH3 is 2. The zero-order chi connectivity index (χ0) is 23.4. The van der Waals surface area contributed by atoms with Crippen LogP contribution in [0.15, 0.2) is 65.3 Å². The molecular weight excluding hydrogens is 418 g/mol. The maximum Gasteiger partial charge on any atom is 0.270 e. The number of hydrogen-bond donors (Lipinski definition) is 1. The van der Waals surface area contributed by atoms with Gasteiger partial charge in [-0.15, -0.1) is 0 Å². The van der Waals surface area contributed by atoms with Crippen molar-refractivity contribution in [1.82, 2.24) is 15.1 Å². The second kappa shape index (κ2) is 9.65. The Kier molecular flexibility index (Phi) is 6.49. The second-order valence-corrected chi connectivity index (χ2v) is 7.79. The van der Waals surface area contributed by atoms with E-state index in [1.165, 1.54) is 0 Å². The molecular formula is C26H27N3O4. The molecule has 0 radical (unpaired) electrons. The average Bonchev–Trinajstić information content (AvgIpc) is 3.50. The van der Waals surface area contributed by atoms with E-state index in [-0.39, 0.29) is 5.91 Å². The van der Waals surface area contributed by atoms with Crippen LogP contribution in [0.25, 0.3) is 17.1 Å². The molecule has 0 aliphatic rings. The van der Waals surface area contributed by atoms with Crippen LogP contribution in [-0.4, -0.2) is 36.5 Å². The molecule has 7 heteroatoms. The highest BCUT2D eigenvalue weighted by Gasteiger charge is 2.20. The molecule has 0 unspecified atom stereocenters. The standard InChI is InChI=1S/C26H27N3O4/c1-17-7-8-18(2)21(14-17)29-22(16-20(28-29)23-6-5-13-33-23)26(30)27-12-11-19-9-10-24(31-3)25(15-19)32-4/h5-10,13-16H,11-12H2,1-4H3,(H,27,30). The summed E-state index contributed by atoms with van der Waals surface area (Å²) in [7, 11) is 3.21. The Morgan fingerprint density at radius 2 is 1.85 bits per heavy atom. The summed E-state index contributed by atoms with van der Waals surface area (Å²) in [6.07, 6.45) is 2.24.